The van der Waals surface area contributed by atoms with Crippen molar-refractivity contribution in [1.29, 1.82) is 0 Å². The first kappa shape index (κ1) is 13.6. The molecule has 2 unspecified atom stereocenters. The predicted octanol–water partition coefficient (Wildman–Crippen LogP) is 4.41. The highest BCUT2D eigenvalue weighted by molar-refractivity contribution is 5.79. The van der Waals surface area contributed by atoms with Gasteiger partial charge >= 0.3 is 0 Å². The molecule has 0 amide bonds. The van der Waals surface area contributed by atoms with Crippen LogP contribution in [-0.2, 0) is 5.60 Å². The topological polar surface area (TPSA) is 33.1 Å². The summed E-state index contributed by atoms with van der Waals surface area (Å²) in [5.41, 5.74) is 1.42. The van der Waals surface area contributed by atoms with Gasteiger partial charge in [-0.25, -0.2) is 0 Å². The molecule has 0 saturated heterocycles. The number of fused-ring (bicyclic) bond motifs is 1. The highest BCUT2D eigenvalue weighted by atomic mass is 16.3. The number of pyridine rings is 1. The molecule has 2 nitrogen and oxygen atoms in total. The van der Waals surface area contributed by atoms with Crippen molar-refractivity contribution in [3.05, 3.63) is 42.1 Å². The molecule has 20 heavy (non-hydrogen) atoms. The van der Waals surface area contributed by atoms with E-state index in [0.29, 0.717) is 0 Å². The van der Waals surface area contributed by atoms with Gasteiger partial charge in [-0.1, -0.05) is 31.9 Å². The summed E-state index contributed by atoms with van der Waals surface area (Å²) in [6, 6.07) is 10.2. The molecule has 0 radical (unpaired) electrons. The van der Waals surface area contributed by atoms with E-state index in [1.807, 2.05) is 18.3 Å². The Kier molecular flexibility index (Phi) is 3.75. The van der Waals surface area contributed by atoms with E-state index in [1.165, 1.54) is 12.8 Å². The summed E-state index contributed by atoms with van der Waals surface area (Å²) in [5.74, 6) is 0.783. The molecule has 0 spiro atoms. The monoisotopic (exact) mass is 269 g/mol. The zero-order valence-electron chi connectivity index (χ0n) is 12.2. The molecular weight excluding hydrogens is 246 g/mol. The van der Waals surface area contributed by atoms with Crippen molar-refractivity contribution in [3.8, 4) is 0 Å². The average molecular weight is 269 g/mol. The number of rotatable bonds is 2. The zero-order chi connectivity index (χ0) is 14.0. The average Bonchev–Trinajstić information content (AvgIpc) is 2.69. The fourth-order valence-electron chi connectivity index (χ4n) is 3.46. The molecule has 1 fully saturated rings. The summed E-state index contributed by atoms with van der Waals surface area (Å²) in [5, 5.41) is 12.2. The summed E-state index contributed by atoms with van der Waals surface area (Å²) >= 11 is 0. The highest BCUT2D eigenvalue weighted by Crippen LogP contribution is 2.39. The Balaban J connectivity index is 1.92. The molecule has 0 aliphatic heterocycles. The van der Waals surface area contributed by atoms with E-state index in [-0.39, 0.29) is 0 Å². The number of hydrogen-bond donors (Lipinski definition) is 1. The van der Waals surface area contributed by atoms with Crippen molar-refractivity contribution in [2.75, 3.05) is 0 Å². The maximum absolute atomic E-state index is 11.1. The van der Waals surface area contributed by atoms with E-state index in [9.17, 15) is 5.11 Å². The third kappa shape index (κ3) is 2.57. The van der Waals surface area contributed by atoms with Gasteiger partial charge in [-0.05, 0) is 55.4 Å². The van der Waals surface area contributed by atoms with Crippen LogP contribution in [0.3, 0.4) is 0 Å². The van der Waals surface area contributed by atoms with Gasteiger partial charge in [-0.15, -0.1) is 0 Å². The molecule has 2 atom stereocenters. The van der Waals surface area contributed by atoms with Crippen molar-refractivity contribution in [3.63, 3.8) is 0 Å². The molecule has 106 valence electrons. The van der Waals surface area contributed by atoms with Gasteiger partial charge in [-0.3, -0.25) is 4.98 Å². The first-order valence-electron chi connectivity index (χ1n) is 7.79. The first-order valence-corrected chi connectivity index (χ1v) is 7.79. The van der Waals surface area contributed by atoms with E-state index >= 15 is 0 Å². The SMILES string of the molecule is CCC1CCCC(O)(c2ccc3ncccc3c2)CC1. The lowest BCUT2D eigenvalue weighted by Gasteiger charge is -2.27. The van der Waals surface area contributed by atoms with Crippen LogP contribution in [0, 0.1) is 5.92 Å². The fourth-order valence-corrected chi connectivity index (χ4v) is 3.46. The quantitative estimate of drug-likeness (QED) is 0.819. The lowest BCUT2D eigenvalue weighted by Crippen LogP contribution is -2.24. The van der Waals surface area contributed by atoms with Crippen LogP contribution < -0.4 is 0 Å². The van der Waals surface area contributed by atoms with E-state index < -0.39 is 5.60 Å². The third-order valence-corrected chi connectivity index (χ3v) is 4.89. The van der Waals surface area contributed by atoms with Gasteiger partial charge in [0.1, 0.15) is 0 Å². The zero-order valence-corrected chi connectivity index (χ0v) is 12.2. The number of aromatic nitrogens is 1. The Labute approximate surface area is 120 Å². The summed E-state index contributed by atoms with van der Waals surface area (Å²) in [6.07, 6.45) is 8.34. The van der Waals surface area contributed by atoms with Crippen LogP contribution in [0.2, 0.25) is 0 Å². The van der Waals surface area contributed by atoms with Gasteiger partial charge in [0.05, 0.1) is 11.1 Å². The maximum atomic E-state index is 11.1. The summed E-state index contributed by atoms with van der Waals surface area (Å²) in [6.45, 7) is 2.26. The van der Waals surface area contributed by atoms with Crippen molar-refractivity contribution in [2.45, 2.75) is 51.0 Å². The number of hydrogen-bond acceptors (Lipinski definition) is 2. The summed E-state index contributed by atoms with van der Waals surface area (Å²) in [7, 11) is 0. The standard InChI is InChI=1S/C18H23NO/c1-2-14-5-3-10-18(20,11-9-14)16-7-8-17-15(13-16)6-4-12-19-17/h4,6-8,12-14,20H,2-3,5,9-11H2,1H3. The van der Waals surface area contributed by atoms with Crippen LogP contribution in [0.5, 0.6) is 0 Å². The molecule has 2 aromatic rings. The predicted molar refractivity (Wildman–Crippen MR) is 82.5 cm³/mol. The Morgan fingerprint density at radius 2 is 2.15 bits per heavy atom. The number of benzene rings is 1. The van der Waals surface area contributed by atoms with E-state index in [1.54, 1.807) is 0 Å². The van der Waals surface area contributed by atoms with Crippen LogP contribution >= 0.6 is 0 Å². The minimum atomic E-state index is -0.645. The van der Waals surface area contributed by atoms with Crippen LogP contribution in [-0.4, -0.2) is 10.1 Å². The van der Waals surface area contributed by atoms with Crippen LogP contribution in [0.4, 0.5) is 0 Å². The number of aliphatic hydroxyl groups is 1. The second-order valence-electron chi connectivity index (χ2n) is 6.15. The van der Waals surface area contributed by atoms with Gasteiger partial charge in [0, 0.05) is 11.6 Å². The highest BCUT2D eigenvalue weighted by Gasteiger charge is 2.32. The molecule has 2 heteroatoms. The largest absolute Gasteiger partial charge is 0.385 e. The fraction of sp³-hybridized carbons (Fsp3) is 0.500. The van der Waals surface area contributed by atoms with Crippen molar-refractivity contribution < 1.29 is 5.11 Å². The Hall–Kier alpha value is -1.41. The van der Waals surface area contributed by atoms with E-state index in [2.05, 4.69) is 30.1 Å². The second-order valence-corrected chi connectivity index (χ2v) is 6.15. The van der Waals surface area contributed by atoms with Crippen molar-refractivity contribution in [1.82, 2.24) is 4.98 Å². The molecule has 1 aromatic heterocycles. The van der Waals surface area contributed by atoms with Gasteiger partial charge in [-0.2, -0.15) is 0 Å². The molecule has 1 aliphatic carbocycles. The van der Waals surface area contributed by atoms with Crippen molar-refractivity contribution in [2.24, 2.45) is 5.92 Å². The minimum Gasteiger partial charge on any atom is -0.385 e. The van der Waals surface area contributed by atoms with Crippen LogP contribution in [0.1, 0.15) is 51.0 Å². The Morgan fingerprint density at radius 1 is 1.25 bits per heavy atom. The van der Waals surface area contributed by atoms with Gasteiger partial charge < -0.3 is 5.11 Å². The van der Waals surface area contributed by atoms with E-state index in [0.717, 1.165) is 48.1 Å². The summed E-state index contributed by atoms with van der Waals surface area (Å²) in [4.78, 5) is 4.35. The first-order chi connectivity index (χ1) is 9.71. The smallest absolute Gasteiger partial charge is 0.0896 e. The lowest BCUT2D eigenvalue weighted by molar-refractivity contribution is 0.0197. The minimum absolute atomic E-state index is 0.645. The molecule has 1 heterocycles. The second kappa shape index (κ2) is 5.53. The third-order valence-electron chi connectivity index (χ3n) is 4.89. The number of nitrogens with zero attached hydrogens (tertiary/aromatic N) is 1. The molecule has 1 N–H and O–H groups in total. The van der Waals surface area contributed by atoms with Crippen molar-refractivity contribution >= 4 is 10.9 Å². The molecule has 1 aliphatic rings. The molecular formula is C18H23NO. The molecule has 1 aromatic carbocycles. The van der Waals surface area contributed by atoms with Crippen LogP contribution in [0.15, 0.2) is 36.5 Å². The van der Waals surface area contributed by atoms with Gasteiger partial charge in [0.25, 0.3) is 0 Å². The lowest BCUT2D eigenvalue weighted by atomic mass is 9.85. The van der Waals surface area contributed by atoms with Gasteiger partial charge in [0.2, 0.25) is 0 Å². The van der Waals surface area contributed by atoms with Gasteiger partial charge in [0.15, 0.2) is 0 Å². The van der Waals surface area contributed by atoms with Crippen LogP contribution in [0.25, 0.3) is 10.9 Å². The maximum Gasteiger partial charge on any atom is 0.0896 e. The molecule has 1 saturated carbocycles. The molecule has 0 bridgehead atoms. The normalized spacial score (nSPS) is 27.4. The molecule has 3 rings (SSSR count). The summed E-state index contributed by atoms with van der Waals surface area (Å²) < 4.78 is 0. The van der Waals surface area contributed by atoms with E-state index in [4.69, 9.17) is 0 Å². The Bertz CT molecular complexity index is 595. The Morgan fingerprint density at radius 3 is 3.00 bits per heavy atom.